The van der Waals surface area contributed by atoms with Gasteiger partial charge < -0.3 is 5.84 Å². The Labute approximate surface area is 40.6 Å². The van der Waals surface area contributed by atoms with Gasteiger partial charge in [-0.15, -0.1) is 5.11 Å². The van der Waals surface area contributed by atoms with Gasteiger partial charge in [0.25, 0.3) is 0 Å². The van der Waals surface area contributed by atoms with E-state index in [2.05, 4.69) is 33.2 Å². The highest BCUT2D eigenvalue weighted by Crippen LogP contribution is 1.74. The Morgan fingerprint density at radius 3 is 2.57 bits per heavy atom. The van der Waals surface area contributed by atoms with Crippen molar-refractivity contribution < 1.29 is 0 Å². The van der Waals surface area contributed by atoms with Crippen molar-refractivity contribution in [1.29, 1.82) is 0 Å². The zero-order valence-corrected chi connectivity index (χ0v) is 3.65. The van der Waals surface area contributed by atoms with E-state index in [9.17, 15) is 0 Å². The van der Waals surface area contributed by atoms with Crippen LogP contribution in [0.15, 0.2) is 33.6 Å². The predicted octanol–water partition coefficient (Wildman–Crippen LogP) is 0.823. The van der Waals surface area contributed by atoms with E-state index in [0.29, 0.717) is 0 Å². The Morgan fingerprint density at radius 1 is 1.43 bits per heavy atom. The molecular weight excluding hydrogens is 94.1 g/mol. The molecule has 0 amide bonds. The van der Waals surface area contributed by atoms with E-state index in [0.717, 1.165) is 0 Å². The van der Waals surface area contributed by atoms with Gasteiger partial charge in [-0.05, 0) is 10.4 Å². The topological polar surface area (TPSA) is 75.5 Å². The number of hydrogen-bond donors (Lipinski definition) is 1. The van der Waals surface area contributed by atoms with Crippen LogP contribution >= 0.6 is 0 Å². The molecule has 0 bridgehead atoms. The molecule has 0 atom stereocenters. The van der Waals surface area contributed by atoms with E-state index >= 15 is 0 Å². The maximum Gasteiger partial charge on any atom is 0.0442 e. The number of nitrogens with two attached hydrogens (primary N) is 1. The highest BCUT2D eigenvalue weighted by Gasteiger charge is 1.54. The molecule has 0 rings (SSSR count). The molecule has 0 saturated heterocycles. The van der Waals surface area contributed by atoms with Gasteiger partial charge in [0.05, 0.1) is 0 Å². The molecule has 0 aliphatic rings. The van der Waals surface area contributed by atoms with E-state index in [4.69, 9.17) is 0 Å². The van der Waals surface area contributed by atoms with Gasteiger partial charge in [-0.25, -0.2) is 0 Å². The summed E-state index contributed by atoms with van der Waals surface area (Å²) >= 11 is 0. The zero-order chi connectivity index (χ0) is 5.54. The molecule has 0 spiro atoms. The van der Waals surface area contributed by atoms with Crippen LogP contribution in [-0.2, 0) is 0 Å². The first-order valence-electron chi connectivity index (χ1n) is 1.52. The average molecular weight is 99.1 g/mol. The third-order valence-electron chi connectivity index (χ3n) is 0.225. The smallest absolute Gasteiger partial charge is 0.0442 e. The van der Waals surface area contributed by atoms with Crippen molar-refractivity contribution in [3.63, 3.8) is 0 Å². The number of hydrogen-bond acceptors (Lipinski definition) is 2. The fourth-order valence-electron chi connectivity index (χ4n) is 0.0827. The van der Waals surface area contributed by atoms with Crippen molar-refractivity contribution in [3.05, 3.63) is 12.8 Å². The molecule has 38 valence electrons. The van der Waals surface area contributed by atoms with Gasteiger partial charge in [0.15, 0.2) is 0 Å². The lowest BCUT2D eigenvalue weighted by atomic mass is 11.1. The molecular formula is C2H5N5. The summed E-state index contributed by atoms with van der Waals surface area (Å²) in [6.45, 7) is 3.23. The molecule has 7 heavy (non-hydrogen) atoms. The number of nitrogens with zero attached hydrogens (tertiary/aromatic N) is 4. The highest BCUT2D eigenvalue weighted by atomic mass is 15.5. The summed E-state index contributed by atoms with van der Waals surface area (Å²) < 4.78 is 0. The number of rotatable bonds is 2. The second-order valence-electron chi connectivity index (χ2n) is 0.592. The predicted molar refractivity (Wildman–Crippen MR) is 24.1 cm³/mol. The summed E-state index contributed by atoms with van der Waals surface area (Å²) in [5, 5.41) is 12.0. The quantitative estimate of drug-likeness (QED) is 0.310. The van der Waals surface area contributed by atoms with Crippen LogP contribution in [0.3, 0.4) is 0 Å². The van der Waals surface area contributed by atoms with E-state index in [-0.39, 0.29) is 0 Å². The molecule has 0 heterocycles. The van der Waals surface area contributed by atoms with Crippen LogP contribution < -0.4 is 5.84 Å². The summed E-state index contributed by atoms with van der Waals surface area (Å²) in [6, 6.07) is 0. The summed E-state index contributed by atoms with van der Waals surface area (Å²) in [5.74, 6) is 4.54. The Balaban J connectivity index is 3.27. The van der Waals surface area contributed by atoms with Crippen molar-refractivity contribution in [3.8, 4) is 0 Å². The summed E-state index contributed by atoms with van der Waals surface area (Å²) in [4.78, 5) is 0. The lowest BCUT2D eigenvalue weighted by Crippen LogP contribution is -1.70. The van der Waals surface area contributed by atoms with Crippen LogP contribution in [0.1, 0.15) is 0 Å². The second-order valence-corrected chi connectivity index (χ2v) is 0.592. The molecule has 0 unspecified atom stereocenters. The lowest BCUT2D eigenvalue weighted by molar-refractivity contribution is 0.893. The van der Waals surface area contributed by atoms with Crippen LogP contribution in [0.2, 0.25) is 0 Å². The fraction of sp³-hybridized carbons (Fsp3) is 0. The molecule has 0 aromatic rings. The minimum Gasteiger partial charge on any atom is -0.303 e. The highest BCUT2D eigenvalue weighted by molar-refractivity contribution is 4.55. The van der Waals surface area contributed by atoms with E-state index in [1.807, 2.05) is 0 Å². The van der Waals surface area contributed by atoms with Gasteiger partial charge >= 0.3 is 0 Å². The lowest BCUT2D eigenvalue weighted by Gasteiger charge is -1.64. The summed E-state index contributed by atoms with van der Waals surface area (Å²) in [7, 11) is 0. The van der Waals surface area contributed by atoms with Crippen LogP contribution in [-0.4, -0.2) is 0 Å². The van der Waals surface area contributed by atoms with Crippen molar-refractivity contribution >= 4 is 0 Å². The molecule has 0 fully saturated rings. The van der Waals surface area contributed by atoms with Crippen molar-refractivity contribution in [1.82, 2.24) is 0 Å². The normalized spacial score (nSPS) is 10.9. The van der Waals surface area contributed by atoms with Crippen LogP contribution in [0.25, 0.3) is 0 Å². The zero-order valence-electron chi connectivity index (χ0n) is 3.65. The largest absolute Gasteiger partial charge is 0.303 e. The maximum absolute atomic E-state index is 4.54. The first-order chi connectivity index (χ1) is 3.41. The molecule has 0 saturated carbocycles. The van der Waals surface area contributed by atoms with Crippen molar-refractivity contribution in [2.24, 2.45) is 26.6 Å². The Kier molecular flexibility index (Phi) is 3.89. The summed E-state index contributed by atoms with van der Waals surface area (Å²) in [5.41, 5.74) is 0. The van der Waals surface area contributed by atoms with E-state index < -0.39 is 0 Å². The fourth-order valence-corrected chi connectivity index (χ4v) is 0.0827. The molecule has 0 aromatic carbocycles. The molecule has 0 aromatic heterocycles. The minimum absolute atomic E-state index is 1.23. The third-order valence-corrected chi connectivity index (χ3v) is 0.225. The molecule has 0 aliphatic heterocycles. The van der Waals surface area contributed by atoms with Gasteiger partial charge in [0, 0.05) is 6.20 Å². The van der Waals surface area contributed by atoms with Gasteiger partial charge in [-0.1, -0.05) is 11.8 Å². The second kappa shape index (κ2) is 4.74. The first-order valence-corrected chi connectivity index (χ1v) is 1.52. The molecule has 5 nitrogen and oxygen atoms in total. The summed E-state index contributed by atoms with van der Waals surface area (Å²) in [6.07, 6.45) is 1.23. The van der Waals surface area contributed by atoms with Crippen molar-refractivity contribution in [2.45, 2.75) is 0 Å². The molecule has 5 heteroatoms. The van der Waals surface area contributed by atoms with Gasteiger partial charge in [0.2, 0.25) is 0 Å². The Hall–Kier alpha value is -1.26. The van der Waals surface area contributed by atoms with Gasteiger partial charge in [-0.3, -0.25) is 0 Å². The first kappa shape index (κ1) is 5.74. The Morgan fingerprint density at radius 2 is 2.14 bits per heavy atom. The van der Waals surface area contributed by atoms with E-state index in [1.165, 1.54) is 6.20 Å². The van der Waals surface area contributed by atoms with Gasteiger partial charge in [-0.2, -0.15) is 0 Å². The maximum atomic E-state index is 4.54. The molecule has 0 radical (unpaired) electrons. The van der Waals surface area contributed by atoms with Crippen molar-refractivity contribution in [2.75, 3.05) is 0 Å². The third kappa shape index (κ3) is 4.74. The molecule has 2 N–H and O–H groups in total. The minimum atomic E-state index is 1.23. The standard InChI is InChI=1S/C2H5N5/c1-2-4-6-7-5-3/h2H,1H2,(H2,3,4,7). The Bertz CT molecular complexity index is 92.3. The van der Waals surface area contributed by atoms with Crippen LogP contribution in [0.4, 0.5) is 0 Å². The van der Waals surface area contributed by atoms with E-state index in [1.54, 1.807) is 0 Å². The molecule has 0 aliphatic carbocycles. The van der Waals surface area contributed by atoms with Crippen LogP contribution in [0, 0.1) is 0 Å². The SMILES string of the molecule is C=CN=N/N=N\N. The van der Waals surface area contributed by atoms with Gasteiger partial charge in [0.1, 0.15) is 0 Å². The van der Waals surface area contributed by atoms with Crippen LogP contribution in [0.5, 0.6) is 0 Å². The average Bonchev–Trinajstić information content (AvgIpc) is 1.69. The monoisotopic (exact) mass is 99.1 g/mol.